The third-order valence-electron chi connectivity index (χ3n) is 1.83. The van der Waals surface area contributed by atoms with E-state index in [2.05, 4.69) is 4.74 Å². The molecule has 0 aliphatic heterocycles. The van der Waals surface area contributed by atoms with Crippen molar-refractivity contribution in [2.75, 3.05) is 33.0 Å². The number of hydrogen-bond acceptors (Lipinski definition) is 7. The summed E-state index contributed by atoms with van der Waals surface area (Å²) in [5, 5.41) is 43.8. The van der Waals surface area contributed by atoms with Crippen molar-refractivity contribution in [3.8, 4) is 0 Å². The molecule has 0 saturated carbocycles. The Morgan fingerprint density at radius 3 is 2.00 bits per heavy atom. The smallest absolute Gasteiger partial charge is 0.336 e. The molecule has 0 aromatic rings. The summed E-state index contributed by atoms with van der Waals surface area (Å²) in [7, 11) is 0. The fourth-order valence-corrected chi connectivity index (χ4v) is 0.873. The molecule has 0 saturated heterocycles. The van der Waals surface area contributed by atoms with Crippen molar-refractivity contribution in [2.24, 2.45) is 0 Å². The van der Waals surface area contributed by atoms with Crippen molar-refractivity contribution < 1.29 is 35.1 Å². The van der Waals surface area contributed by atoms with Crippen LogP contribution in [0.25, 0.3) is 0 Å². The van der Waals surface area contributed by atoms with E-state index in [1.165, 1.54) is 0 Å². The first-order chi connectivity index (χ1) is 7.60. The minimum atomic E-state index is -1.20. The minimum absolute atomic E-state index is 0.0500. The summed E-state index contributed by atoms with van der Waals surface area (Å²) < 4.78 is 4.54. The Labute approximate surface area is 92.2 Å². The second-order valence-electron chi connectivity index (χ2n) is 2.99. The van der Waals surface area contributed by atoms with Crippen LogP contribution < -0.4 is 0 Å². The van der Waals surface area contributed by atoms with E-state index in [1.54, 1.807) is 0 Å². The van der Waals surface area contributed by atoms with Crippen LogP contribution in [0.15, 0.2) is 11.1 Å². The first-order valence-electron chi connectivity index (χ1n) is 4.60. The highest BCUT2D eigenvalue weighted by molar-refractivity contribution is 5.89. The zero-order valence-electron chi connectivity index (χ0n) is 8.67. The highest BCUT2D eigenvalue weighted by Gasteiger charge is 2.16. The Kier molecular flexibility index (Phi) is 7.69. The molecule has 0 amide bonds. The van der Waals surface area contributed by atoms with Gasteiger partial charge in [0.2, 0.25) is 0 Å². The summed E-state index contributed by atoms with van der Waals surface area (Å²) in [6.07, 6.45) is -1.20. The van der Waals surface area contributed by atoms with Crippen molar-refractivity contribution >= 4 is 5.97 Å². The van der Waals surface area contributed by atoms with Gasteiger partial charge in [0.15, 0.2) is 0 Å². The van der Waals surface area contributed by atoms with Crippen molar-refractivity contribution in [3.63, 3.8) is 0 Å². The number of hydrogen-bond donors (Lipinski definition) is 5. The number of carbonyl (C=O) groups is 1. The van der Waals surface area contributed by atoms with E-state index >= 15 is 0 Å². The van der Waals surface area contributed by atoms with Crippen LogP contribution in [-0.4, -0.2) is 70.6 Å². The quantitative estimate of drug-likeness (QED) is 0.238. The average Bonchev–Trinajstić information content (AvgIpc) is 2.32. The lowest BCUT2D eigenvalue weighted by atomic mass is 10.1. The first kappa shape index (κ1) is 15.0. The Balaban J connectivity index is 4.48. The molecule has 94 valence electrons. The Bertz CT molecular complexity index is 242. The molecule has 0 rings (SSSR count). The second-order valence-corrected chi connectivity index (χ2v) is 2.99. The van der Waals surface area contributed by atoms with Gasteiger partial charge in [0.05, 0.1) is 32.0 Å². The monoisotopic (exact) mass is 236 g/mol. The van der Waals surface area contributed by atoms with Gasteiger partial charge in [-0.15, -0.1) is 0 Å². The SMILES string of the molecule is O=C(OCC(O)CO)C(CO)=C(CO)CO. The molecular weight excluding hydrogens is 220 g/mol. The molecule has 16 heavy (non-hydrogen) atoms. The molecule has 5 N–H and O–H groups in total. The average molecular weight is 236 g/mol. The summed E-state index contributed by atoms with van der Waals surface area (Å²) in [5.41, 5.74) is -0.305. The summed E-state index contributed by atoms with van der Waals surface area (Å²) in [6, 6.07) is 0. The van der Waals surface area contributed by atoms with Crippen LogP contribution in [-0.2, 0) is 9.53 Å². The van der Waals surface area contributed by atoms with Crippen LogP contribution in [0.5, 0.6) is 0 Å². The molecule has 0 fully saturated rings. The second kappa shape index (κ2) is 8.20. The van der Waals surface area contributed by atoms with Gasteiger partial charge in [0.25, 0.3) is 0 Å². The lowest BCUT2D eigenvalue weighted by Crippen LogP contribution is -2.24. The van der Waals surface area contributed by atoms with Crippen LogP contribution in [0.2, 0.25) is 0 Å². The molecule has 7 nitrogen and oxygen atoms in total. The molecule has 0 aliphatic rings. The zero-order chi connectivity index (χ0) is 12.6. The molecule has 0 bridgehead atoms. The third kappa shape index (κ3) is 4.69. The number of esters is 1. The van der Waals surface area contributed by atoms with Gasteiger partial charge < -0.3 is 30.3 Å². The summed E-state index contributed by atoms with van der Waals surface area (Å²) >= 11 is 0. The van der Waals surface area contributed by atoms with Gasteiger partial charge in [-0.3, -0.25) is 0 Å². The topological polar surface area (TPSA) is 127 Å². The Morgan fingerprint density at radius 1 is 1.06 bits per heavy atom. The number of ether oxygens (including phenoxy) is 1. The largest absolute Gasteiger partial charge is 0.459 e. The third-order valence-corrected chi connectivity index (χ3v) is 1.83. The Hall–Kier alpha value is -0.990. The first-order valence-corrected chi connectivity index (χ1v) is 4.60. The summed E-state index contributed by atoms with van der Waals surface area (Å²) in [6.45, 7) is -2.83. The van der Waals surface area contributed by atoms with E-state index in [0.717, 1.165) is 0 Å². The van der Waals surface area contributed by atoms with E-state index < -0.39 is 45.1 Å². The van der Waals surface area contributed by atoms with Gasteiger partial charge in [-0.05, 0) is 5.57 Å². The molecule has 0 aromatic carbocycles. The number of aliphatic hydroxyl groups excluding tert-OH is 5. The molecule has 1 atom stereocenters. The molecule has 1 unspecified atom stereocenters. The van der Waals surface area contributed by atoms with Gasteiger partial charge in [-0.1, -0.05) is 0 Å². The van der Waals surface area contributed by atoms with Gasteiger partial charge in [0, 0.05) is 0 Å². The summed E-state index contributed by atoms with van der Waals surface area (Å²) in [4.78, 5) is 11.3. The van der Waals surface area contributed by atoms with Crippen LogP contribution in [0, 0.1) is 0 Å². The van der Waals surface area contributed by atoms with Crippen LogP contribution in [0.1, 0.15) is 0 Å². The van der Waals surface area contributed by atoms with Gasteiger partial charge in [0.1, 0.15) is 12.7 Å². The molecule has 0 spiro atoms. The lowest BCUT2D eigenvalue weighted by molar-refractivity contribution is -0.143. The van der Waals surface area contributed by atoms with E-state index in [-0.39, 0.29) is 11.1 Å². The van der Waals surface area contributed by atoms with Crippen LogP contribution >= 0.6 is 0 Å². The molecule has 0 heterocycles. The predicted octanol–water partition coefficient (Wildman–Crippen LogP) is -2.84. The molecule has 0 aliphatic carbocycles. The van der Waals surface area contributed by atoms with Crippen LogP contribution in [0.3, 0.4) is 0 Å². The fraction of sp³-hybridized carbons (Fsp3) is 0.667. The van der Waals surface area contributed by atoms with Crippen molar-refractivity contribution in [1.29, 1.82) is 0 Å². The normalized spacial score (nSPS) is 12.1. The Morgan fingerprint density at radius 2 is 1.62 bits per heavy atom. The number of rotatable bonds is 7. The highest BCUT2D eigenvalue weighted by atomic mass is 16.5. The van der Waals surface area contributed by atoms with Crippen molar-refractivity contribution in [2.45, 2.75) is 6.10 Å². The number of aliphatic hydroxyl groups is 5. The van der Waals surface area contributed by atoms with E-state index in [4.69, 9.17) is 25.5 Å². The highest BCUT2D eigenvalue weighted by Crippen LogP contribution is 2.05. The maximum atomic E-state index is 11.3. The van der Waals surface area contributed by atoms with E-state index in [0.29, 0.717) is 0 Å². The molecule has 0 aromatic heterocycles. The van der Waals surface area contributed by atoms with E-state index in [1.807, 2.05) is 0 Å². The van der Waals surface area contributed by atoms with Gasteiger partial charge in [-0.2, -0.15) is 0 Å². The molecule has 0 radical (unpaired) electrons. The predicted molar refractivity (Wildman–Crippen MR) is 52.3 cm³/mol. The van der Waals surface area contributed by atoms with Crippen molar-refractivity contribution in [3.05, 3.63) is 11.1 Å². The van der Waals surface area contributed by atoms with Crippen molar-refractivity contribution in [1.82, 2.24) is 0 Å². The molecular formula is C9H16O7. The summed E-state index contributed by atoms with van der Waals surface area (Å²) in [5.74, 6) is -0.951. The fourth-order valence-electron chi connectivity index (χ4n) is 0.873. The molecule has 7 heteroatoms. The van der Waals surface area contributed by atoms with Gasteiger partial charge in [-0.25, -0.2) is 4.79 Å². The van der Waals surface area contributed by atoms with E-state index in [9.17, 15) is 4.79 Å². The minimum Gasteiger partial charge on any atom is -0.459 e. The standard InChI is InChI=1S/C9H16O7/c10-1-6(2-11)8(4-13)9(15)16-5-7(14)3-12/h7,10-14H,1-5H2. The lowest BCUT2D eigenvalue weighted by Gasteiger charge is -2.11. The maximum absolute atomic E-state index is 11.3. The maximum Gasteiger partial charge on any atom is 0.336 e. The number of carbonyl (C=O) groups excluding carboxylic acids is 1. The van der Waals surface area contributed by atoms with Crippen LogP contribution in [0.4, 0.5) is 0 Å². The van der Waals surface area contributed by atoms with Gasteiger partial charge >= 0.3 is 5.97 Å². The zero-order valence-corrected chi connectivity index (χ0v) is 8.67.